The number of amides is 2. The lowest BCUT2D eigenvalue weighted by Gasteiger charge is -2.28. The average Bonchev–Trinajstić information content (AvgIpc) is 3.13. The SMILES string of the molecule is CC(C)CN(CC(=O)N(Cc1ccccc1)Cc1cccs1)C(=O)CCl. The molecule has 26 heavy (non-hydrogen) atoms. The third-order valence-electron chi connectivity index (χ3n) is 3.87. The Morgan fingerprint density at radius 2 is 1.73 bits per heavy atom. The van der Waals surface area contributed by atoms with E-state index in [4.69, 9.17) is 11.6 Å². The first-order valence-electron chi connectivity index (χ1n) is 8.67. The Morgan fingerprint density at radius 3 is 2.31 bits per heavy atom. The molecule has 0 radical (unpaired) electrons. The summed E-state index contributed by atoms with van der Waals surface area (Å²) in [5, 5.41) is 2.00. The van der Waals surface area contributed by atoms with E-state index in [1.54, 1.807) is 21.1 Å². The Kier molecular flexibility index (Phi) is 8.13. The molecular weight excluding hydrogens is 368 g/mol. The standard InChI is InChI=1S/C20H25ClN2O2S/c1-16(2)12-22(19(24)11-21)15-20(25)23(14-18-9-6-10-26-18)13-17-7-4-3-5-8-17/h3-10,16H,11-15H2,1-2H3. The van der Waals surface area contributed by atoms with Gasteiger partial charge in [0.05, 0.1) is 13.1 Å². The van der Waals surface area contributed by atoms with Crippen LogP contribution in [0, 0.1) is 5.92 Å². The van der Waals surface area contributed by atoms with E-state index in [1.165, 1.54) is 0 Å². The summed E-state index contributed by atoms with van der Waals surface area (Å²) in [6.45, 7) is 5.67. The fourth-order valence-electron chi connectivity index (χ4n) is 2.67. The Labute approximate surface area is 164 Å². The Morgan fingerprint density at radius 1 is 1.00 bits per heavy atom. The predicted molar refractivity (Wildman–Crippen MR) is 107 cm³/mol. The average molecular weight is 393 g/mol. The van der Waals surface area contributed by atoms with E-state index in [-0.39, 0.29) is 30.2 Å². The zero-order valence-corrected chi connectivity index (χ0v) is 16.8. The van der Waals surface area contributed by atoms with Crippen LogP contribution < -0.4 is 0 Å². The number of benzene rings is 1. The van der Waals surface area contributed by atoms with Crippen molar-refractivity contribution < 1.29 is 9.59 Å². The minimum Gasteiger partial charge on any atom is -0.332 e. The number of hydrogen-bond acceptors (Lipinski definition) is 3. The van der Waals surface area contributed by atoms with Crippen LogP contribution in [0.2, 0.25) is 0 Å². The van der Waals surface area contributed by atoms with Crippen LogP contribution in [0.5, 0.6) is 0 Å². The van der Waals surface area contributed by atoms with Gasteiger partial charge >= 0.3 is 0 Å². The van der Waals surface area contributed by atoms with Gasteiger partial charge in [0.1, 0.15) is 5.88 Å². The molecule has 2 aromatic rings. The van der Waals surface area contributed by atoms with Gasteiger partial charge in [-0.25, -0.2) is 0 Å². The molecule has 2 rings (SSSR count). The second-order valence-electron chi connectivity index (χ2n) is 6.62. The summed E-state index contributed by atoms with van der Waals surface area (Å²) in [7, 11) is 0. The molecule has 0 saturated heterocycles. The second kappa shape index (κ2) is 10.3. The fraction of sp³-hybridized carbons (Fsp3) is 0.400. The molecule has 0 bridgehead atoms. The molecule has 0 aliphatic heterocycles. The third kappa shape index (κ3) is 6.46. The van der Waals surface area contributed by atoms with Crippen LogP contribution in [-0.2, 0) is 22.7 Å². The third-order valence-corrected chi connectivity index (χ3v) is 4.96. The molecular formula is C20H25ClN2O2S. The summed E-state index contributed by atoms with van der Waals surface area (Å²) < 4.78 is 0. The smallest absolute Gasteiger partial charge is 0.242 e. The molecule has 1 aromatic carbocycles. The van der Waals surface area contributed by atoms with Gasteiger partial charge in [-0.05, 0) is 22.9 Å². The van der Waals surface area contributed by atoms with E-state index in [9.17, 15) is 9.59 Å². The lowest BCUT2D eigenvalue weighted by Crippen LogP contribution is -2.44. The molecule has 4 nitrogen and oxygen atoms in total. The Hall–Kier alpha value is -1.85. The van der Waals surface area contributed by atoms with Gasteiger partial charge in [-0.2, -0.15) is 0 Å². The number of hydrogen-bond donors (Lipinski definition) is 0. The Balaban J connectivity index is 2.13. The van der Waals surface area contributed by atoms with Gasteiger partial charge in [0.2, 0.25) is 11.8 Å². The van der Waals surface area contributed by atoms with Crippen LogP contribution >= 0.6 is 22.9 Å². The highest BCUT2D eigenvalue weighted by Gasteiger charge is 2.22. The molecule has 0 aliphatic rings. The highest BCUT2D eigenvalue weighted by atomic mass is 35.5. The van der Waals surface area contributed by atoms with Gasteiger partial charge in [-0.15, -0.1) is 22.9 Å². The highest BCUT2D eigenvalue weighted by molar-refractivity contribution is 7.09. The van der Waals surface area contributed by atoms with Crippen LogP contribution in [0.1, 0.15) is 24.3 Å². The molecule has 140 valence electrons. The molecule has 1 heterocycles. The van der Waals surface area contributed by atoms with Crippen LogP contribution in [0.15, 0.2) is 47.8 Å². The summed E-state index contributed by atoms with van der Waals surface area (Å²) in [6.07, 6.45) is 0. The lowest BCUT2D eigenvalue weighted by molar-refractivity contribution is -0.140. The van der Waals surface area contributed by atoms with Gasteiger partial charge in [0.25, 0.3) is 0 Å². The first kappa shape index (κ1) is 20.5. The normalized spacial score (nSPS) is 10.8. The lowest BCUT2D eigenvalue weighted by atomic mass is 10.2. The first-order valence-corrected chi connectivity index (χ1v) is 10.1. The van der Waals surface area contributed by atoms with E-state index in [2.05, 4.69) is 0 Å². The van der Waals surface area contributed by atoms with Crippen molar-refractivity contribution in [2.75, 3.05) is 19.0 Å². The summed E-state index contributed by atoms with van der Waals surface area (Å²) in [5.41, 5.74) is 1.07. The zero-order chi connectivity index (χ0) is 18.9. The van der Waals surface area contributed by atoms with Crippen molar-refractivity contribution in [3.05, 3.63) is 58.3 Å². The van der Waals surface area contributed by atoms with E-state index in [0.29, 0.717) is 19.6 Å². The minimum atomic E-state index is -0.204. The second-order valence-corrected chi connectivity index (χ2v) is 7.92. The maximum Gasteiger partial charge on any atom is 0.242 e. The van der Waals surface area contributed by atoms with Crippen molar-refractivity contribution in [3.63, 3.8) is 0 Å². The van der Waals surface area contributed by atoms with Crippen molar-refractivity contribution in [1.82, 2.24) is 9.80 Å². The number of thiophene rings is 1. The number of nitrogens with zero attached hydrogens (tertiary/aromatic N) is 2. The van der Waals surface area contributed by atoms with Crippen LogP contribution in [0.25, 0.3) is 0 Å². The molecule has 1 aromatic heterocycles. The zero-order valence-electron chi connectivity index (χ0n) is 15.2. The van der Waals surface area contributed by atoms with Crippen LogP contribution in [-0.4, -0.2) is 40.6 Å². The molecule has 0 aliphatic carbocycles. The molecule has 0 unspecified atom stereocenters. The van der Waals surface area contributed by atoms with Crippen molar-refractivity contribution in [2.45, 2.75) is 26.9 Å². The van der Waals surface area contributed by atoms with E-state index >= 15 is 0 Å². The van der Waals surface area contributed by atoms with Gasteiger partial charge in [0, 0.05) is 18.0 Å². The van der Waals surface area contributed by atoms with Crippen molar-refractivity contribution in [1.29, 1.82) is 0 Å². The quantitative estimate of drug-likeness (QED) is 0.605. The van der Waals surface area contributed by atoms with Gasteiger partial charge in [-0.3, -0.25) is 9.59 Å². The monoisotopic (exact) mass is 392 g/mol. The van der Waals surface area contributed by atoms with Crippen molar-refractivity contribution in [2.24, 2.45) is 5.92 Å². The topological polar surface area (TPSA) is 40.6 Å². The number of rotatable bonds is 9. The molecule has 0 fully saturated rings. The summed E-state index contributed by atoms with van der Waals surface area (Å²) in [4.78, 5) is 29.6. The van der Waals surface area contributed by atoms with Crippen molar-refractivity contribution >= 4 is 34.8 Å². The van der Waals surface area contributed by atoms with Gasteiger partial charge in [-0.1, -0.05) is 50.2 Å². The summed E-state index contributed by atoms with van der Waals surface area (Å²) in [6, 6.07) is 13.9. The maximum atomic E-state index is 13.0. The molecule has 0 spiro atoms. The highest BCUT2D eigenvalue weighted by Crippen LogP contribution is 2.15. The van der Waals surface area contributed by atoms with Crippen LogP contribution in [0.4, 0.5) is 0 Å². The predicted octanol–water partition coefficient (Wildman–Crippen LogP) is 4.00. The number of halogens is 1. The maximum absolute atomic E-state index is 13.0. The number of carbonyl (C=O) groups is 2. The minimum absolute atomic E-state index is 0.0575. The molecule has 0 saturated carbocycles. The largest absolute Gasteiger partial charge is 0.332 e. The molecule has 0 atom stereocenters. The summed E-state index contributed by atoms with van der Waals surface area (Å²) in [5.74, 6) is -0.107. The van der Waals surface area contributed by atoms with E-state index < -0.39 is 0 Å². The number of alkyl halides is 1. The van der Waals surface area contributed by atoms with Crippen LogP contribution in [0.3, 0.4) is 0 Å². The molecule has 0 N–H and O–H groups in total. The summed E-state index contributed by atoms with van der Waals surface area (Å²) >= 11 is 7.35. The molecule has 6 heteroatoms. The fourth-order valence-corrected chi connectivity index (χ4v) is 3.56. The Bertz CT molecular complexity index is 689. The van der Waals surface area contributed by atoms with Gasteiger partial charge < -0.3 is 9.80 Å². The first-order chi connectivity index (χ1) is 12.5. The van der Waals surface area contributed by atoms with Gasteiger partial charge in [0.15, 0.2) is 0 Å². The van der Waals surface area contributed by atoms with E-state index in [0.717, 1.165) is 10.4 Å². The van der Waals surface area contributed by atoms with E-state index in [1.807, 2.05) is 61.7 Å². The molecule has 2 amide bonds. The van der Waals surface area contributed by atoms with Crippen molar-refractivity contribution in [3.8, 4) is 0 Å². The number of carbonyl (C=O) groups excluding carboxylic acids is 2.